The van der Waals surface area contributed by atoms with Gasteiger partial charge < -0.3 is 5.32 Å². The highest BCUT2D eigenvalue weighted by molar-refractivity contribution is 7.91. The van der Waals surface area contributed by atoms with Crippen LogP contribution in [0.3, 0.4) is 0 Å². The summed E-state index contributed by atoms with van der Waals surface area (Å²) in [6.07, 6.45) is 4.38. The summed E-state index contributed by atoms with van der Waals surface area (Å²) in [4.78, 5) is 12.0. The molecule has 4 unspecified atom stereocenters. The molecule has 4 atom stereocenters. The molecule has 0 amide bonds. The SMILES string of the molecule is O=C1CC2CCC(N2)C1CC1CCS(=O)(=O)C1. The van der Waals surface area contributed by atoms with Crippen molar-refractivity contribution >= 4 is 15.6 Å². The third kappa shape index (κ3) is 2.27. The zero-order valence-corrected chi connectivity index (χ0v) is 10.7. The largest absolute Gasteiger partial charge is 0.310 e. The molecule has 96 valence electrons. The molecule has 3 rings (SSSR count). The number of ketones is 1. The lowest BCUT2D eigenvalue weighted by molar-refractivity contribution is -0.126. The molecule has 0 spiro atoms. The van der Waals surface area contributed by atoms with Crippen molar-refractivity contribution in [1.82, 2.24) is 5.32 Å². The van der Waals surface area contributed by atoms with Crippen LogP contribution in [0.2, 0.25) is 0 Å². The number of Topliss-reactive ketones (excluding diaryl/α,β-unsaturated/α-hetero) is 1. The Morgan fingerprint density at radius 3 is 2.76 bits per heavy atom. The van der Waals surface area contributed by atoms with E-state index in [1.165, 1.54) is 0 Å². The number of sulfone groups is 1. The summed E-state index contributed by atoms with van der Waals surface area (Å²) in [5.41, 5.74) is 0. The van der Waals surface area contributed by atoms with Gasteiger partial charge in [0.15, 0.2) is 9.84 Å². The van der Waals surface area contributed by atoms with Crippen molar-refractivity contribution in [2.75, 3.05) is 11.5 Å². The summed E-state index contributed by atoms with van der Waals surface area (Å²) in [5, 5.41) is 3.50. The van der Waals surface area contributed by atoms with Gasteiger partial charge in [-0.3, -0.25) is 4.79 Å². The number of hydrogen-bond acceptors (Lipinski definition) is 4. The molecule has 3 saturated heterocycles. The Hall–Kier alpha value is -0.420. The van der Waals surface area contributed by atoms with Crippen molar-refractivity contribution in [3.63, 3.8) is 0 Å². The van der Waals surface area contributed by atoms with Gasteiger partial charge >= 0.3 is 0 Å². The Kier molecular flexibility index (Phi) is 2.78. The van der Waals surface area contributed by atoms with Crippen LogP contribution in [0.25, 0.3) is 0 Å². The molecular formula is C12H19NO3S. The Bertz CT molecular complexity index is 431. The van der Waals surface area contributed by atoms with E-state index < -0.39 is 9.84 Å². The van der Waals surface area contributed by atoms with Gasteiger partial charge in [-0.15, -0.1) is 0 Å². The minimum absolute atomic E-state index is 0.0760. The molecule has 0 radical (unpaired) electrons. The van der Waals surface area contributed by atoms with E-state index in [2.05, 4.69) is 5.32 Å². The minimum atomic E-state index is -2.81. The maximum Gasteiger partial charge on any atom is 0.150 e. The van der Waals surface area contributed by atoms with E-state index in [1.807, 2.05) is 0 Å². The molecule has 0 saturated carbocycles. The molecule has 0 aromatic heterocycles. The van der Waals surface area contributed by atoms with Crippen LogP contribution in [0, 0.1) is 11.8 Å². The Balaban J connectivity index is 1.67. The maximum absolute atomic E-state index is 12.0. The molecule has 0 aliphatic carbocycles. The van der Waals surface area contributed by atoms with Gasteiger partial charge in [0.05, 0.1) is 11.5 Å². The van der Waals surface area contributed by atoms with Crippen molar-refractivity contribution in [3.8, 4) is 0 Å². The molecule has 3 fully saturated rings. The van der Waals surface area contributed by atoms with E-state index >= 15 is 0 Å². The summed E-state index contributed by atoms with van der Waals surface area (Å²) in [5.74, 6) is 1.27. The lowest BCUT2D eigenvalue weighted by atomic mass is 9.83. The molecule has 17 heavy (non-hydrogen) atoms. The molecule has 5 heteroatoms. The smallest absolute Gasteiger partial charge is 0.150 e. The van der Waals surface area contributed by atoms with Gasteiger partial charge in [0, 0.05) is 24.4 Å². The first kappa shape index (κ1) is 11.7. The average molecular weight is 257 g/mol. The second-order valence-corrected chi connectivity index (χ2v) is 8.06. The van der Waals surface area contributed by atoms with E-state index in [1.54, 1.807) is 0 Å². The topological polar surface area (TPSA) is 63.2 Å². The van der Waals surface area contributed by atoms with E-state index in [-0.39, 0.29) is 11.8 Å². The monoisotopic (exact) mass is 257 g/mol. The van der Waals surface area contributed by atoms with Gasteiger partial charge in [-0.25, -0.2) is 8.42 Å². The Morgan fingerprint density at radius 2 is 2.06 bits per heavy atom. The van der Waals surface area contributed by atoms with Crippen LogP contribution in [-0.2, 0) is 14.6 Å². The zero-order valence-electron chi connectivity index (χ0n) is 9.89. The van der Waals surface area contributed by atoms with Crippen molar-refractivity contribution in [1.29, 1.82) is 0 Å². The first-order valence-corrected chi connectivity index (χ1v) is 8.35. The predicted molar refractivity (Wildman–Crippen MR) is 64.4 cm³/mol. The second kappa shape index (κ2) is 4.05. The van der Waals surface area contributed by atoms with Crippen LogP contribution in [0.5, 0.6) is 0 Å². The summed E-state index contributed by atoms with van der Waals surface area (Å²) in [7, 11) is -2.81. The van der Waals surface area contributed by atoms with Crippen molar-refractivity contribution in [2.24, 2.45) is 11.8 Å². The summed E-state index contributed by atoms with van der Waals surface area (Å²) < 4.78 is 22.8. The van der Waals surface area contributed by atoms with Crippen LogP contribution in [0.4, 0.5) is 0 Å². The Labute approximate surface area is 102 Å². The number of carbonyl (C=O) groups excluding carboxylic acids is 1. The fourth-order valence-electron chi connectivity index (χ4n) is 3.66. The maximum atomic E-state index is 12.0. The summed E-state index contributed by atoms with van der Waals surface area (Å²) >= 11 is 0. The zero-order chi connectivity index (χ0) is 12.0. The van der Waals surface area contributed by atoms with Crippen molar-refractivity contribution in [2.45, 2.75) is 44.2 Å². The second-order valence-electron chi connectivity index (χ2n) is 5.83. The highest BCUT2D eigenvalue weighted by atomic mass is 32.2. The van der Waals surface area contributed by atoms with E-state index in [9.17, 15) is 13.2 Å². The predicted octanol–water partition coefficient (Wildman–Crippen LogP) is 0.521. The van der Waals surface area contributed by atoms with Crippen molar-refractivity contribution < 1.29 is 13.2 Å². The van der Waals surface area contributed by atoms with Gasteiger partial charge in [-0.2, -0.15) is 0 Å². The fraction of sp³-hybridized carbons (Fsp3) is 0.917. The third-order valence-electron chi connectivity index (χ3n) is 4.54. The molecule has 1 N–H and O–H groups in total. The van der Waals surface area contributed by atoms with Gasteiger partial charge in [0.2, 0.25) is 0 Å². The third-order valence-corrected chi connectivity index (χ3v) is 6.37. The highest BCUT2D eigenvalue weighted by Crippen LogP contribution is 2.35. The number of hydrogen-bond donors (Lipinski definition) is 1. The minimum Gasteiger partial charge on any atom is -0.310 e. The van der Waals surface area contributed by atoms with Crippen LogP contribution < -0.4 is 5.32 Å². The average Bonchev–Trinajstić information content (AvgIpc) is 2.78. The van der Waals surface area contributed by atoms with Crippen molar-refractivity contribution in [3.05, 3.63) is 0 Å². The number of fused-ring (bicyclic) bond motifs is 2. The number of piperidine rings is 1. The van der Waals surface area contributed by atoms with E-state index in [0.717, 1.165) is 25.7 Å². The Morgan fingerprint density at radius 1 is 1.24 bits per heavy atom. The van der Waals surface area contributed by atoms with Gasteiger partial charge in [-0.1, -0.05) is 0 Å². The van der Waals surface area contributed by atoms with Crippen LogP contribution in [0.15, 0.2) is 0 Å². The summed E-state index contributed by atoms with van der Waals surface area (Å²) in [6.45, 7) is 0. The van der Waals surface area contributed by atoms with Crippen LogP contribution >= 0.6 is 0 Å². The standard InChI is InChI=1S/C12H19NO3S/c14-12-6-9-1-2-11(13-9)10(12)5-8-3-4-17(15,16)7-8/h8-11,13H,1-7H2. The fourth-order valence-corrected chi connectivity index (χ4v) is 5.54. The number of nitrogens with one attached hydrogen (secondary N) is 1. The lowest BCUT2D eigenvalue weighted by Crippen LogP contribution is -2.46. The summed E-state index contributed by atoms with van der Waals surface area (Å²) in [6, 6.07) is 0.723. The normalized spacial score (nSPS) is 44.1. The molecular weight excluding hydrogens is 238 g/mol. The molecule has 3 aliphatic heterocycles. The first-order valence-electron chi connectivity index (χ1n) is 6.53. The first-order chi connectivity index (χ1) is 8.03. The van der Waals surface area contributed by atoms with E-state index in [0.29, 0.717) is 35.8 Å². The number of carbonyl (C=O) groups is 1. The molecule has 0 aromatic carbocycles. The molecule has 2 bridgehead atoms. The highest BCUT2D eigenvalue weighted by Gasteiger charge is 2.42. The molecule has 0 aromatic rings. The quantitative estimate of drug-likeness (QED) is 0.783. The molecule has 3 aliphatic rings. The van der Waals surface area contributed by atoms with Gasteiger partial charge in [0.25, 0.3) is 0 Å². The molecule has 3 heterocycles. The van der Waals surface area contributed by atoms with Gasteiger partial charge in [0.1, 0.15) is 5.78 Å². The molecule has 4 nitrogen and oxygen atoms in total. The van der Waals surface area contributed by atoms with Crippen LogP contribution in [-0.4, -0.2) is 37.8 Å². The van der Waals surface area contributed by atoms with Gasteiger partial charge in [-0.05, 0) is 31.6 Å². The number of rotatable bonds is 2. The van der Waals surface area contributed by atoms with Crippen LogP contribution in [0.1, 0.15) is 32.1 Å². The lowest BCUT2D eigenvalue weighted by Gasteiger charge is -2.30. The van der Waals surface area contributed by atoms with E-state index in [4.69, 9.17) is 0 Å².